The molecule has 1 aromatic carbocycles. The zero-order valence-corrected chi connectivity index (χ0v) is 12.9. The van der Waals surface area contributed by atoms with Gasteiger partial charge in [0.15, 0.2) is 5.13 Å². The Labute approximate surface area is 123 Å². The molecular weight excluding hydrogens is 328 g/mol. The Kier molecular flexibility index (Phi) is 4.06. The highest BCUT2D eigenvalue weighted by atomic mass is 79.9. The van der Waals surface area contributed by atoms with Gasteiger partial charge >= 0.3 is 0 Å². The van der Waals surface area contributed by atoms with Gasteiger partial charge in [-0.2, -0.15) is 0 Å². The van der Waals surface area contributed by atoms with E-state index in [1.165, 1.54) is 11.3 Å². The summed E-state index contributed by atoms with van der Waals surface area (Å²) in [5, 5.41) is 3.50. The minimum absolute atomic E-state index is 0.249. The standard InChI is InChI=1S/C12H13BrN4OS/c1-17(2)12-16-10(14)9(19-12)11(18)15-8-5-3-4-7(13)6-8/h3-6H,14H2,1-2H3,(H,15,18). The molecule has 19 heavy (non-hydrogen) atoms. The number of carbonyl (C=O) groups is 1. The minimum atomic E-state index is -0.249. The largest absolute Gasteiger partial charge is 0.382 e. The number of hydrogen-bond acceptors (Lipinski definition) is 5. The number of nitrogens with two attached hydrogens (primary N) is 1. The molecular formula is C12H13BrN4OS. The molecule has 100 valence electrons. The van der Waals surface area contributed by atoms with E-state index in [1.54, 1.807) is 0 Å². The molecule has 1 aromatic heterocycles. The molecule has 0 aliphatic heterocycles. The molecule has 0 atom stereocenters. The summed E-state index contributed by atoms with van der Waals surface area (Å²) in [6, 6.07) is 7.37. The Hall–Kier alpha value is -1.60. The van der Waals surface area contributed by atoms with Crippen LogP contribution in [0, 0.1) is 0 Å². The van der Waals surface area contributed by atoms with Crippen LogP contribution < -0.4 is 16.0 Å². The molecule has 7 heteroatoms. The highest BCUT2D eigenvalue weighted by Crippen LogP contribution is 2.27. The van der Waals surface area contributed by atoms with Gasteiger partial charge in [0, 0.05) is 24.3 Å². The monoisotopic (exact) mass is 340 g/mol. The molecule has 0 aliphatic carbocycles. The summed E-state index contributed by atoms with van der Waals surface area (Å²) in [6.45, 7) is 0. The third-order valence-corrected chi connectivity index (χ3v) is 4.04. The van der Waals surface area contributed by atoms with Gasteiger partial charge in [0.1, 0.15) is 10.7 Å². The maximum atomic E-state index is 12.1. The minimum Gasteiger partial charge on any atom is -0.382 e. The number of benzene rings is 1. The van der Waals surface area contributed by atoms with Gasteiger partial charge in [-0.15, -0.1) is 0 Å². The van der Waals surface area contributed by atoms with E-state index in [0.717, 1.165) is 4.47 Å². The maximum absolute atomic E-state index is 12.1. The second-order valence-corrected chi connectivity index (χ2v) is 5.96. The Morgan fingerprint density at radius 3 is 2.79 bits per heavy atom. The lowest BCUT2D eigenvalue weighted by molar-refractivity contribution is 0.103. The molecule has 0 radical (unpaired) electrons. The quantitative estimate of drug-likeness (QED) is 0.901. The Balaban J connectivity index is 2.20. The van der Waals surface area contributed by atoms with Crippen LogP contribution in [-0.2, 0) is 0 Å². The average molecular weight is 341 g/mol. The summed E-state index contributed by atoms with van der Waals surface area (Å²) in [6.07, 6.45) is 0. The normalized spacial score (nSPS) is 10.3. The maximum Gasteiger partial charge on any atom is 0.269 e. The number of thiazole rings is 1. The van der Waals surface area contributed by atoms with Crippen LogP contribution in [0.1, 0.15) is 9.67 Å². The highest BCUT2D eigenvalue weighted by molar-refractivity contribution is 9.10. The van der Waals surface area contributed by atoms with E-state index in [0.29, 0.717) is 15.7 Å². The Morgan fingerprint density at radius 1 is 1.47 bits per heavy atom. The number of carbonyl (C=O) groups excluding carboxylic acids is 1. The Bertz CT molecular complexity index is 612. The number of hydrogen-bond donors (Lipinski definition) is 2. The Morgan fingerprint density at radius 2 is 2.21 bits per heavy atom. The number of rotatable bonds is 3. The van der Waals surface area contributed by atoms with Crippen molar-refractivity contribution in [2.24, 2.45) is 0 Å². The number of nitrogens with one attached hydrogen (secondary N) is 1. The number of nitrogens with zero attached hydrogens (tertiary/aromatic N) is 2. The van der Waals surface area contributed by atoms with E-state index in [1.807, 2.05) is 43.3 Å². The van der Waals surface area contributed by atoms with Gasteiger partial charge in [-0.25, -0.2) is 4.98 Å². The second-order valence-electron chi connectivity index (χ2n) is 4.07. The topological polar surface area (TPSA) is 71.2 Å². The van der Waals surface area contributed by atoms with Crippen LogP contribution >= 0.6 is 27.3 Å². The number of halogens is 1. The number of amides is 1. The van der Waals surface area contributed by atoms with Crippen LogP contribution in [0.3, 0.4) is 0 Å². The van der Waals surface area contributed by atoms with E-state index in [9.17, 15) is 4.79 Å². The van der Waals surface area contributed by atoms with Gasteiger partial charge < -0.3 is 16.0 Å². The van der Waals surface area contributed by atoms with Crippen molar-refractivity contribution < 1.29 is 4.79 Å². The molecule has 2 rings (SSSR count). The second kappa shape index (κ2) is 5.58. The van der Waals surface area contributed by atoms with Crippen molar-refractivity contribution in [3.8, 4) is 0 Å². The molecule has 5 nitrogen and oxygen atoms in total. The fraction of sp³-hybridized carbons (Fsp3) is 0.167. The molecule has 2 aromatic rings. The molecule has 1 amide bonds. The van der Waals surface area contributed by atoms with E-state index in [4.69, 9.17) is 5.73 Å². The van der Waals surface area contributed by atoms with Crippen molar-refractivity contribution in [3.63, 3.8) is 0 Å². The lowest BCUT2D eigenvalue weighted by atomic mass is 10.3. The molecule has 0 bridgehead atoms. The van der Waals surface area contributed by atoms with Gasteiger partial charge in [-0.3, -0.25) is 4.79 Å². The van der Waals surface area contributed by atoms with E-state index in [2.05, 4.69) is 26.2 Å². The average Bonchev–Trinajstić information content (AvgIpc) is 2.71. The summed E-state index contributed by atoms with van der Waals surface area (Å²) >= 11 is 4.62. The summed E-state index contributed by atoms with van der Waals surface area (Å²) in [7, 11) is 3.71. The molecule has 0 saturated carbocycles. The SMILES string of the molecule is CN(C)c1nc(N)c(C(=O)Nc2cccc(Br)c2)s1. The lowest BCUT2D eigenvalue weighted by Gasteiger charge is -2.05. The fourth-order valence-corrected chi connectivity index (χ4v) is 2.63. The third-order valence-electron chi connectivity index (χ3n) is 2.31. The predicted molar refractivity (Wildman–Crippen MR) is 82.9 cm³/mol. The van der Waals surface area contributed by atoms with Gasteiger partial charge in [-0.05, 0) is 18.2 Å². The summed E-state index contributed by atoms with van der Waals surface area (Å²) in [4.78, 5) is 18.5. The molecule has 0 aliphatic rings. The molecule has 0 spiro atoms. The van der Waals surface area contributed by atoms with Crippen LogP contribution in [0.15, 0.2) is 28.7 Å². The van der Waals surface area contributed by atoms with E-state index >= 15 is 0 Å². The lowest BCUT2D eigenvalue weighted by Crippen LogP contribution is -2.12. The number of nitrogen functional groups attached to an aromatic ring is 1. The van der Waals surface area contributed by atoms with Gasteiger partial charge in [0.2, 0.25) is 0 Å². The van der Waals surface area contributed by atoms with Crippen molar-refractivity contribution in [1.29, 1.82) is 0 Å². The van der Waals surface area contributed by atoms with E-state index < -0.39 is 0 Å². The van der Waals surface area contributed by atoms with Crippen molar-refractivity contribution in [2.45, 2.75) is 0 Å². The number of anilines is 3. The molecule has 1 heterocycles. The molecule has 0 saturated heterocycles. The summed E-state index contributed by atoms with van der Waals surface area (Å²) in [5.41, 5.74) is 6.47. The summed E-state index contributed by atoms with van der Waals surface area (Å²) in [5.74, 6) is 0.00222. The first-order valence-corrected chi connectivity index (χ1v) is 7.09. The van der Waals surface area contributed by atoms with Crippen molar-refractivity contribution in [1.82, 2.24) is 4.98 Å². The van der Waals surface area contributed by atoms with Crippen LogP contribution in [-0.4, -0.2) is 25.0 Å². The smallest absolute Gasteiger partial charge is 0.269 e. The zero-order valence-electron chi connectivity index (χ0n) is 10.5. The van der Waals surface area contributed by atoms with Crippen LogP contribution in [0.5, 0.6) is 0 Å². The first-order chi connectivity index (χ1) is 8.97. The molecule has 3 N–H and O–H groups in total. The third kappa shape index (κ3) is 3.24. The van der Waals surface area contributed by atoms with Gasteiger partial charge in [0.25, 0.3) is 5.91 Å². The predicted octanol–water partition coefficient (Wildman–Crippen LogP) is 2.81. The molecule has 0 fully saturated rings. The fourth-order valence-electron chi connectivity index (χ4n) is 1.43. The van der Waals surface area contributed by atoms with Crippen LogP contribution in [0.2, 0.25) is 0 Å². The van der Waals surface area contributed by atoms with E-state index in [-0.39, 0.29) is 11.7 Å². The first-order valence-electron chi connectivity index (χ1n) is 5.48. The molecule has 0 unspecified atom stereocenters. The zero-order chi connectivity index (χ0) is 14.0. The van der Waals surface area contributed by atoms with Crippen LogP contribution in [0.25, 0.3) is 0 Å². The number of aromatic nitrogens is 1. The van der Waals surface area contributed by atoms with Crippen molar-refractivity contribution in [2.75, 3.05) is 30.0 Å². The van der Waals surface area contributed by atoms with Crippen LogP contribution in [0.4, 0.5) is 16.6 Å². The highest BCUT2D eigenvalue weighted by Gasteiger charge is 2.17. The summed E-state index contributed by atoms with van der Waals surface area (Å²) < 4.78 is 0.900. The first kappa shape index (κ1) is 13.8. The van der Waals surface area contributed by atoms with Crippen molar-refractivity contribution in [3.05, 3.63) is 33.6 Å². The van der Waals surface area contributed by atoms with Crippen molar-refractivity contribution >= 4 is 49.8 Å². The van der Waals surface area contributed by atoms with Gasteiger partial charge in [-0.1, -0.05) is 33.3 Å². The van der Waals surface area contributed by atoms with Gasteiger partial charge in [0.05, 0.1) is 0 Å².